The van der Waals surface area contributed by atoms with Crippen LogP contribution in [0.4, 0.5) is 0 Å². The minimum Gasteiger partial charge on any atom is -0.0845 e. The average Bonchev–Trinajstić information content (AvgIpc) is 2.14. The SMILES string of the molecule is C/C=C(\C=C/CC)C(CC(C)(C)C)C(C)(C)C. The molecule has 1 atom stereocenters. The molecular weight excluding hydrogens is 204 g/mol. The van der Waals surface area contributed by atoms with E-state index >= 15 is 0 Å². The van der Waals surface area contributed by atoms with Gasteiger partial charge < -0.3 is 0 Å². The van der Waals surface area contributed by atoms with Crippen LogP contribution in [-0.4, -0.2) is 0 Å². The van der Waals surface area contributed by atoms with Gasteiger partial charge in [-0.15, -0.1) is 0 Å². The largest absolute Gasteiger partial charge is 0.0845 e. The van der Waals surface area contributed by atoms with Gasteiger partial charge in [0.15, 0.2) is 0 Å². The topological polar surface area (TPSA) is 0 Å². The van der Waals surface area contributed by atoms with Crippen LogP contribution in [0.2, 0.25) is 0 Å². The summed E-state index contributed by atoms with van der Waals surface area (Å²) >= 11 is 0. The molecular formula is C17H32. The highest BCUT2D eigenvalue weighted by molar-refractivity contribution is 5.23. The highest BCUT2D eigenvalue weighted by Crippen LogP contribution is 2.40. The molecule has 0 saturated carbocycles. The van der Waals surface area contributed by atoms with Crippen molar-refractivity contribution in [1.82, 2.24) is 0 Å². The molecule has 0 aliphatic heterocycles. The van der Waals surface area contributed by atoms with Gasteiger partial charge in [0.25, 0.3) is 0 Å². The molecule has 0 heteroatoms. The van der Waals surface area contributed by atoms with Crippen molar-refractivity contribution in [2.45, 2.75) is 68.2 Å². The van der Waals surface area contributed by atoms with Crippen LogP contribution in [0.1, 0.15) is 68.2 Å². The molecule has 1 unspecified atom stereocenters. The maximum atomic E-state index is 2.35. The Kier molecular flexibility index (Phi) is 6.23. The molecule has 0 aromatic carbocycles. The van der Waals surface area contributed by atoms with Gasteiger partial charge in [-0.1, -0.05) is 66.7 Å². The Morgan fingerprint density at radius 2 is 1.59 bits per heavy atom. The van der Waals surface area contributed by atoms with E-state index in [-0.39, 0.29) is 0 Å². The van der Waals surface area contributed by atoms with Crippen molar-refractivity contribution in [3.63, 3.8) is 0 Å². The first-order valence-electron chi connectivity index (χ1n) is 6.94. The Morgan fingerprint density at radius 3 is 1.88 bits per heavy atom. The highest BCUT2D eigenvalue weighted by Gasteiger charge is 2.30. The van der Waals surface area contributed by atoms with E-state index < -0.39 is 0 Å². The van der Waals surface area contributed by atoms with Gasteiger partial charge in [0, 0.05) is 0 Å². The molecule has 0 amide bonds. The quantitative estimate of drug-likeness (QED) is 0.525. The lowest BCUT2D eigenvalue weighted by Crippen LogP contribution is -2.26. The average molecular weight is 236 g/mol. The third-order valence-electron chi connectivity index (χ3n) is 3.14. The lowest BCUT2D eigenvalue weighted by atomic mass is 9.68. The Balaban J connectivity index is 5.11. The lowest BCUT2D eigenvalue weighted by molar-refractivity contribution is 0.199. The van der Waals surface area contributed by atoms with E-state index in [0.717, 1.165) is 6.42 Å². The summed E-state index contributed by atoms with van der Waals surface area (Å²) in [5.74, 6) is 0.635. The van der Waals surface area contributed by atoms with Crippen molar-refractivity contribution in [3.8, 4) is 0 Å². The zero-order chi connectivity index (χ0) is 13.7. The van der Waals surface area contributed by atoms with E-state index in [9.17, 15) is 0 Å². The molecule has 0 heterocycles. The van der Waals surface area contributed by atoms with Crippen LogP contribution in [0.15, 0.2) is 23.8 Å². The van der Waals surface area contributed by atoms with E-state index in [1.54, 1.807) is 0 Å². The van der Waals surface area contributed by atoms with Gasteiger partial charge >= 0.3 is 0 Å². The molecule has 0 radical (unpaired) electrons. The van der Waals surface area contributed by atoms with Gasteiger partial charge in [-0.3, -0.25) is 0 Å². The van der Waals surface area contributed by atoms with Gasteiger partial charge in [-0.05, 0) is 42.1 Å². The van der Waals surface area contributed by atoms with Crippen LogP contribution in [0.25, 0.3) is 0 Å². The van der Waals surface area contributed by atoms with Crippen LogP contribution < -0.4 is 0 Å². The smallest absolute Gasteiger partial charge is 0.0112 e. The van der Waals surface area contributed by atoms with Gasteiger partial charge in [0.1, 0.15) is 0 Å². The van der Waals surface area contributed by atoms with Crippen molar-refractivity contribution < 1.29 is 0 Å². The second kappa shape index (κ2) is 6.42. The summed E-state index contributed by atoms with van der Waals surface area (Å²) in [7, 11) is 0. The van der Waals surface area contributed by atoms with Gasteiger partial charge in [-0.25, -0.2) is 0 Å². The second-order valence-electron chi connectivity index (χ2n) is 7.28. The van der Waals surface area contributed by atoms with E-state index in [4.69, 9.17) is 0 Å². The van der Waals surface area contributed by atoms with Crippen molar-refractivity contribution in [3.05, 3.63) is 23.8 Å². The third kappa shape index (κ3) is 6.71. The summed E-state index contributed by atoms with van der Waals surface area (Å²) in [6.45, 7) is 18.4. The Labute approximate surface area is 109 Å². The molecule has 0 aliphatic rings. The van der Waals surface area contributed by atoms with E-state index in [1.165, 1.54) is 12.0 Å². The first-order valence-corrected chi connectivity index (χ1v) is 6.94. The van der Waals surface area contributed by atoms with Gasteiger partial charge in [-0.2, -0.15) is 0 Å². The molecule has 17 heavy (non-hydrogen) atoms. The second-order valence-corrected chi connectivity index (χ2v) is 7.28. The minimum atomic E-state index is 0.327. The highest BCUT2D eigenvalue weighted by atomic mass is 14.3. The molecule has 0 aliphatic carbocycles. The van der Waals surface area contributed by atoms with Crippen LogP contribution in [-0.2, 0) is 0 Å². The molecule has 0 aromatic heterocycles. The van der Waals surface area contributed by atoms with Crippen LogP contribution in [0.5, 0.6) is 0 Å². The van der Waals surface area contributed by atoms with Crippen molar-refractivity contribution in [2.75, 3.05) is 0 Å². The van der Waals surface area contributed by atoms with Crippen molar-refractivity contribution >= 4 is 0 Å². The molecule has 0 N–H and O–H groups in total. The monoisotopic (exact) mass is 236 g/mol. The fourth-order valence-corrected chi connectivity index (χ4v) is 2.20. The first-order chi connectivity index (χ1) is 7.61. The predicted octanol–water partition coefficient (Wildman–Crippen LogP) is 6.00. The van der Waals surface area contributed by atoms with E-state index in [2.05, 4.69) is 73.6 Å². The summed E-state index contributed by atoms with van der Waals surface area (Å²) in [6, 6.07) is 0. The summed E-state index contributed by atoms with van der Waals surface area (Å²) in [5, 5.41) is 0. The maximum Gasteiger partial charge on any atom is -0.0112 e. The fourth-order valence-electron chi connectivity index (χ4n) is 2.20. The standard InChI is InChI=1S/C17H32/c1-9-11-12-14(10-2)15(17(6,7)8)13-16(3,4)5/h10-12,15H,9,13H2,1-8H3/b12-11-,14-10+. The Morgan fingerprint density at radius 1 is 1.06 bits per heavy atom. The first kappa shape index (κ1) is 16.5. The third-order valence-corrected chi connectivity index (χ3v) is 3.14. The van der Waals surface area contributed by atoms with Gasteiger partial charge in [0.2, 0.25) is 0 Å². The molecule has 0 rings (SSSR count). The molecule has 100 valence electrons. The lowest BCUT2D eigenvalue weighted by Gasteiger charge is -2.36. The summed E-state index contributed by atoms with van der Waals surface area (Å²) < 4.78 is 0. The molecule has 0 saturated heterocycles. The molecule has 0 aromatic rings. The number of hydrogen-bond acceptors (Lipinski definition) is 0. The molecule has 0 nitrogen and oxygen atoms in total. The van der Waals surface area contributed by atoms with E-state index in [0.29, 0.717) is 16.7 Å². The van der Waals surface area contributed by atoms with Crippen molar-refractivity contribution in [1.29, 1.82) is 0 Å². The normalized spacial score (nSPS) is 16.6. The number of allylic oxidation sites excluding steroid dienone is 4. The zero-order valence-corrected chi connectivity index (χ0v) is 13.2. The fraction of sp³-hybridized carbons (Fsp3) is 0.765. The van der Waals surface area contributed by atoms with Crippen molar-refractivity contribution in [2.24, 2.45) is 16.7 Å². The van der Waals surface area contributed by atoms with Crippen LogP contribution in [0.3, 0.4) is 0 Å². The van der Waals surface area contributed by atoms with Gasteiger partial charge in [0.05, 0.1) is 0 Å². The Bertz CT molecular complexity index is 265. The molecule has 0 fully saturated rings. The Hall–Kier alpha value is -0.520. The minimum absolute atomic E-state index is 0.327. The summed E-state index contributed by atoms with van der Waals surface area (Å²) in [6.07, 6.45) is 9.24. The molecule has 0 bridgehead atoms. The summed E-state index contributed by atoms with van der Waals surface area (Å²) in [4.78, 5) is 0. The summed E-state index contributed by atoms with van der Waals surface area (Å²) in [5.41, 5.74) is 2.20. The molecule has 0 spiro atoms. The number of rotatable bonds is 4. The maximum absolute atomic E-state index is 2.35. The number of hydrogen-bond donors (Lipinski definition) is 0. The van der Waals surface area contributed by atoms with Crippen LogP contribution >= 0.6 is 0 Å². The van der Waals surface area contributed by atoms with E-state index in [1.807, 2.05) is 0 Å². The zero-order valence-electron chi connectivity index (χ0n) is 13.2. The predicted molar refractivity (Wildman–Crippen MR) is 80.2 cm³/mol. The van der Waals surface area contributed by atoms with Crippen LogP contribution in [0, 0.1) is 16.7 Å².